The first-order chi connectivity index (χ1) is 16.0. The van der Waals surface area contributed by atoms with E-state index in [4.69, 9.17) is 9.47 Å². The molecule has 0 spiro atoms. The van der Waals surface area contributed by atoms with Crippen LogP contribution in [0, 0.1) is 5.92 Å². The van der Waals surface area contributed by atoms with Crippen LogP contribution in [0.3, 0.4) is 0 Å². The topological polar surface area (TPSA) is 71.1 Å². The monoisotopic (exact) mass is 471 g/mol. The number of piperazine rings is 1. The third-order valence-electron chi connectivity index (χ3n) is 6.41. The lowest BCUT2D eigenvalue weighted by Crippen LogP contribution is -2.48. The van der Waals surface area contributed by atoms with E-state index in [1.807, 2.05) is 25.1 Å². The lowest BCUT2D eigenvalue weighted by molar-refractivity contribution is -0.117. The Morgan fingerprint density at radius 2 is 1.94 bits per heavy atom. The second-order valence-electron chi connectivity index (χ2n) is 8.76. The minimum atomic E-state index is -0.328. The molecule has 1 amide bonds. The number of thiophene rings is 1. The van der Waals surface area contributed by atoms with Crippen LogP contribution in [-0.2, 0) is 22.4 Å². The maximum atomic E-state index is 12.9. The molecule has 1 N–H and O–H groups in total. The fourth-order valence-electron chi connectivity index (χ4n) is 4.67. The van der Waals surface area contributed by atoms with Gasteiger partial charge < -0.3 is 19.7 Å². The van der Waals surface area contributed by atoms with Crippen molar-refractivity contribution in [3.63, 3.8) is 0 Å². The molecule has 1 aliphatic heterocycles. The molecule has 1 aromatic carbocycles. The van der Waals surface area contributed by atoms with E-state index in [-0.39, 0.29) is 11.9 Å². The summed E-state index contributed by atoms with van der Waals surface area (Å²) in [7, 11) is 1.69. The zero-order valence-corrected chi connectivity index (χ0v) is 20.5. The van der Waals surface area contributed by atoms with Gasteiger partial charge in [-0.15, -0.1) is 11.3 Å². The number of rotatable bonds is 7. The van der Waals surface area contributed by atoms with Crippen LogP contribution in [0.2, 0.25) is 0 Å². The maximum absolute atomic E-state index is 12.9. The molecule has 1 aromatic heterocycles. The number of anilines is 2. The third-order valence-corrected chi connectivity index (χ3v) is 7.58. The molecular formula is C25H33N3O4S. The van der Waals surface area contributed by atoms with Crippen LogP contribution >= 0.6 is 11.3 Å². The number of esters is 1. The number of nitrogens with one attached hydrogen (secondary N) is 1. The van der Waals surface area contributed by atoms with Gasteiger partial charge in [-0.2, -0.15) is 0 Å². The Morgan fingerprint density at radius 1 is 1.18 bits per heavy atom. The Bertz CT molecular complexity index is 998. The van der Waals surface area contributed by atoms with Crippen LogP contribution in [0.5, 0.6) is 5.75 Å². The largest absolute Gasteiger partial charge is 0.495 e. The number of carbonyl (C=O) groups excluding carboxylic acids is 2. The molecular weight excluding hydrogens is 438 g/mol. The first kappa shape index (κ1) is 23.6. The molecule has 7 nitrogen and oxygen atoms in total. The molecule has 178 valence electrons. The van der Waals surface area contributed by atoms with Crippen LogP contribution in [0.1, 0.15) is 41.1 Å². The van der Waals surface area contributed by atoms with Crippen LogP contribution in [0.4, 0.5) is 10.7 Å². The second kappa shape index (κ2) is 10.6. The number of para-hydroxylation sites is 2. The number of nitrogens with zero attached hydrogens (tertiary/aromatic N) is 2. The van der Waals surface area contributed by atoms with E-state index in [2.05, 4.69) is 28.1 Å². The smallest absolute Gasteiger partial charge is 0.341 e. The van der Waals surface area contributed by atoms with Gasteiger partial charge in [-0.05, 0) is 49.8 Å². The average Bonchev–Trinajstić information content (AvgIpc) is 3.16. The number of hydrogen-bond donors (Lipinski definition) is 1. The zero-order valence-electron chi connectivity index (χ0n) is 19.7. The van der Waals surface area contributed by atoms with E-state index in [0.29, 0.717) is 29.6 Å². The van der Waals surface area contributed by atoms with E-state index in [1.165, 1.54) is 16.2 Å². The maximum Gasteiger partial charge on any atom is 0.341 e. The fraction of sp³-hybridized carbons (Fsp3) is 0.520. The van der Waals surface area contributed by atoms with Crippen molar-refractivity contribution < 1.29 is 19.1 Å². The summed E-state index contributed by atoms with van der Waals surface area (Å²) in [4.78, 5) is 31.2. The highest BCUT2D eigenvalue weighted by molar-refractivity contribution is 7.17. The Labute approximate surface area is 199 Å². The van der Waals surface area contributed by atoms with E-state index < -0.39 is 0 Å². The van der Waals surface area contributed by atoms with Crippen molar-refractivity contribution in [2.45, 2.75) is 33.1 Å². The number of ether oxygens (including phenoxy) is 2. The van der Waals surface area contributed by atoms with Gasteiger partial charge in [-0.1, -0.05) is 19.1 Å². The minimum absolute atomic E-state index is 0.0852. The molecule has 0 bridgehead atoms. The first-order valence-corrected chi connectivity index (χ1v) is 12.5. The number of hydrogen-bond acceptors (Lipinski definition) is 7. The Morgan fingerprint density at radius 3 is 2.67 bits per heavy atom. The number of fused-ring (bicyclic) bond motifs is 1. The van der Waals surface area contributed by atoms with Gasteiger partial charge in [0.25, 0.3) is 0 Å². The highest BCUT2D eigenvalue weighted by Crippen LogP contribution is 2.40. The van der Waals surface area contributed by atoms with Crippen molar-refractivity contribution in [3.8, 4) is 5.75 Å². The summed E-state index contributed by atoms with van der Waals surface area (Å²) in [5.41, 5.74) is 2.72. The van der Waals surface area contributed by atoms with Gasteiger partial charge in [0.05, 0.1) is 31.5 Å². The molecule has 1 fully saturated rings. The molecule has 0 saturated carbocycles. The molecule has 4 rings (SSSR count). The standard InChI is InChI=1S/C25H33N3O4S/c1-4-32-25(30)23-18-10-9-17(2)15-21(18)33-24(23)26-22(29)16-27-11-13-28(14-12-27)19-7-5-6-8-20(19)31-3/h5-8,17H,4,9-16H2,1-3H3,(H,26,29). The SMILES string of the molecule is CCOC(=O)c1c(NC(=O)CN2CCN(c3ccccc3OC)CC2)sc2c1CCC(C)C2. The van der Waals surface area contributed by atoms with Gasteiger partial charge >= 0.3 is 5.97 Å². The molecule has 2 aromatic rings. The summed E-state index contributed by atoms with van der Waals surface area (Å²) < 4.78 is 10.8. The van der Waals surface area contributed by atoms with Gasteiger partial charge in [0.1, 0.15) is 10.8 Å². The molecule has 0 radical (unpaired) electrons. The van der Waals surface area contributed by atoms with Gasteiger partial charge in [0, 0.05) is 31.1 Å². The highest BCUT2D eigenvalue weighted by Gasteiger charge is 2.29. The highest BCUT2D eigenvalue weighted by atomic mass is 32.1. The molecule has 33 heavy (non-hydrogen) atoms. The number of amides is 1. The van der Waals surface area contributed by atoms with Crippen LogP contribution in [-0.4, -0.2) is 63.2 Å². The lowest BCUT2D eigenvalue weighted by atomic mass is 9.88. The van der Waals surface area contributed by atoms with E-state index >= 15 is 0 Å². The number of benzene rings is 1. The summed E-state index contributed by atoms with van der Waals surface area (Å²) in [6.07, 6.45) is 2.87. The average molecular weight is 472 g/mol. The van der Waals surface area contributed by atoms with Crippen molar-refractivity contribution in [1.29, 1.82) is 0 Å². The van der Waals surface area contributed by atoms with Gasteiger partial charge in [0.2, 0.25) is 5.91 Å². The summed E-state index contributed by atoms with van der Waals surface area (Å²) in [5, 5.41) is 3.68. The van der Waals surface area contributed by atoms with Crippen LogP contribution in [0.25, 0.3) is 0 Å². The summed E-state index contributed by atoms with van der Waals surface area (Å²) in [6, 6.07) is 8.02. The Hall–Kier alpha value is -2.58. The minimum Gasteiger partial charge on any atom is -0.495 e. The molecule has 2 heterocycles. The molecule has 1 unspecified atom stereocenters. The number of methoxy groups -OCH3 is 1. The van der Waals surface area contributed by atoms with Gasteiger partial charge in [0.15, 0.2) is 0 Å². The fourth-order valence-corrected chi connectivity index (χ4v) is 6.08. The zero-order chi connectivity index (χ0) is 23.4. The quantitative estimate of drug-likeness (QED) is 0.619. The Balaban J connectivity index is 1.39. The normalized spacial score (nSPS) is 18.5. The van der Waals surface area contributed by atoms with Crippen molar-refractivity contribution in [1.82, 2.24) is 4.90 Å². The summed E-state index contributed by atoms with van der Waals surface area (Å²) in [6.45, 7) is 7.89. The van der Waals surface area contributed by atoms with Crippen molar-refractivity contribution in [3.05, 3.63) is 40.3 Å². The van der Waals surface area contributed by atoms with Crippen molar-refractivity contribution in [2.24, 2.45) is 5.92 Å². The molecule has 2 aliphatic rings. The van der Waals surface area contributed by atoms with Gasteiger partial charge in [-0.3, -0.25) is 9.69 Å². The molecule has 8 heteroatoms. The third kappa shape index (κ3) is 5.33. The summed E-state index contributed by atoms with van der Waals surface area (Å²) >= 11 is 1.54. The summed E-state index contributed by atoms with van der Waals surface area (Å²) in [5.74, 6) is 1.05. The molecule has 1 saturated heterocycles. The van der Waals surface area contributed by atoms with E-state index in [0.717, 1.165) is 62.4 Å². The van der Waals surface area contributed by atoms with Crippen LogP contribution < -0.4 is 15.0 Å². The predicted molar refractivity (Wildman–Crippen MR) is 132 cm³/mol. The van der Waals surface area contributed by atoms with Gasteiger partial charge in [-0.25, -0.2) is 4.79 Å². The lowest BCUT2D eigenvalue weighted by Gasteiger charge is -2.36. The van der Waals surface area contributed by atoms with Crippen molar-refractivity contribution >= 4 is 33.9 Å². The van der Waals surface area contributed by atoms with E-state index in [1.54, 1.807) is 7.11 Å². The molecule has 1 atom stereocenters. The van der Waals surface area contributed by atoms with Crippen LogP contribution in [0.15, 0.2) is 24.3 Å². The second-order valence-corrected chi connectivity index (χ2v) is 9.86. The number of carbonyl (C=O) groups is 2. The van der Waals surface area contributed by atoms with Crippen molar-refractivity contribution in [2.75, 3.05) is 56.7 Å². The molecule has 1 aliphatic carbocycles. The predicted octanol–water partition coefficient (Wildman–Crippen LogP) is 3.82. The Kier molecular flexibility index (Phi) is 7.55. The first-order valence-electron chi connectivity index (χ1n) is 11.7. The van der Waals surface area contributed by atoms with E-state index in [9.17, 15) is 9.59 Å².